The Morgan fingerprint density at radius 2 is 1.88 bits per heavy atom. The fraction of sp³-hybridized carbons (Fsp3) is 0.263. The number of anilines is 1. The summed E-state index contributed by atoms with van der Waals surface area (Å²) < 4.78 is 1.04. The molecule has 1 saturated heterocycles. The van der Waals surface area contributed by atoms with Crippen LogP contribution in [0.2, 0.25) is 0 Å². The molecule has 2 aromatic carbocycles. The standard InChI is InChI=1S/C19H15N3O3S/c23-14(9-22-15(24)6-7-16(22)25)20-19-21-18-12-3-1-2-10-4-5-11(17(10)12)8-13(18)26-19/h1-3,8H,4-7,9H2,(H,20,21,23). The topological polar surface area (TPSA) is 79.4 Å². The highest BCUT2D eigenvalue weighted by molar-refractivity contribution is 7.22. The molecule has 0 atom stereocenters. The molecule has 130 valence electrons. The average Bonchev–Trinajstić information content (AvgIpc) is 3.30. The van der Waals surface area contributed by atoms with E-state index in [0.717, 1.165) is 33.3 Å². The van der Waals surface area contributed by atoms with E-state index < -0.39 is 5.91 Å². The van der Waals surface area contributed by atoms with Crippen molar-refractivity contribution in [3.8, 4) is 0 Å². The van der Waals surface area contributed by atoms with Crippen molar-refractivity contribution < 1.29 is 14.4 Å². The highest BCUT2D eigenvalue weighted by atomic mass is 32.1. The smallest absolute Gasteiger partial charge is 0.246 e. The zero-order chi connectivity index (χ0) is 17.8. The van der Waals surface area contributed by atoms with Gasteiger partial charge in [0.15, 0.2) is 5.13 Å². The number of thiazole rings is 1. The predicted octanol–water partition coefficient (Wildman–Crippen LogP) is 2.64. The molecule has 7 heteroatoms. The highest BCUT2D eigenvalue weighted by Crippen LogP contribution is 2.39. The van der Waals surface area contributed by atoms with Crippen LogP contribution in [0, 0.1) is 0 Å². The molecule has 1 aliphatic carbocycles. The minimum atomic E-state index is -0.398. The van der Waals surface area contributed by atoms with Crippen molar-refractivity contribution in [1.29, 1.82) is 0 Å². The number of hydrogen-bond donors (Lipinski definition) is 1. The van der Waals surface area contributed by atoms with Gasteiger partial charge in [-0.05, 0) is 35.4 Å². The summed E-state index contributed by atoms with van der Waals surface area (Å²) in [4.78, 5) is 41.2. The van der Waals surface area contributed by atoms with Gasteiger partial charge in [-0.1, -0.05) is 29.5 Å². The van der Waals surface area contributed by atoms with Gasteiger partial charge in [-0.25, -0.2) is 4.98 Å². The average molecular weight is 365 g/mol. The molecule has 2 heterocycles. The number of aromatic nitrogens is 1. The molecular formula is C19H15N3O3S. The number of carbonyl (C=O) groups is 3. The number of hydrogen-bond acceptors (Lipinski definition) is 5. The van der Waals surface area contributed by atoms with Gasteiger partial charge < -0.3 is 5.32 Å². The summed E-state index contributed by atoms with van der Waals surface area (Å²) >= 11 is 1.42. The molecule has 1 fully saturated rings. The number of benzene rings is 2. The molecule has 2 aliphatic rings. The maximum absolute atomic E-state index is 12.2. The molecule has 26 heavy (non-hydrogen) atoms. The van der Waals surface area contributed by atoms with Crippen LogP contribution in [-0.2, 0) is 27.2 Å². The molecular weight excluding hydrogens is 350 g/mol. The van der Waals surface area contributed by atoms with Gasteiger partial charge in [0.2, 0.25) is 17.7 Å². The number of imide groups is 1. The number of amides is 3. The molecule has 0 unspecified atom stereocenters. The summed E-state index contributed by atoms with van der Waals surface area (Å²) in [6.45, 7) is -0.246. The largest absolute Gasteiger partial charge is 0.300 e. The van der Waals surface area contributed by atoms with Crippen LogP contribution in [0.4, 0.5) is 5.13 Å². The first-order chi connectivity index (χ1) is 12.6. The normalized spacial score (nSPS) is 16.2. The van der Waals surface area contributed by atoms with E-state index in [1.807, 2.05) is 0 Å². The van der Waals surface area contributed by atoms with E-state index >= 15 is 0 Å². The van der Waals surface area contributed by atoms with E-state index in [1.165, 1.54) is 27.8 Å². The fourth-order valence-corrected chi connectivity index (χ4v) is 4.82. The quantitative estimate of drug-likeness (QED) is 0.724. The monoisotopic (exact) mass is 365 g/mol. The van der Waals surface area contributed by atoms with Gasteiger partial charge in [0, 0.05) is 18.2 Å². The first kappa shape index (κ1) is 15.5. The van der Waals surface area contributed by atoms with Crippen LogP contribution in [-0.4, -0.2) is 34.2 Å². The number of aryl methyl sites for hydroxylation is 2. The van der Waals surface area contributed by atoms with Gasteiger partial charge in [0.05, 0.1) is 10.2 Å². The number of fused-ring (bicyclic) bond motifs is 2. The molecule has 0 bridgehead atoms. The van der Waals surface area contributed by atoms with Gasteiger partial charge in [-0.3, -0.25) is 19.3 Å². The van der Waals surface area contributed by atoms with E-state index in [2.05, 4.69) is 34.6 Å². The lowest BCUT2D eigenvalue weighted by molar-refractivity contribution is -0.141. The summed E-state index contributed by atoms with van der Waals surface area (Å²) in [5, 5.41) is 5.64. The number of carbonyl (C=O) groups excluding carboxylic acids is 3. The third kappa shape index (κ3) is 2.31. The molecule has 1 aromatic heterocycles. The molecule has 1 aliphatic heterocycles. The fourth-order valence-electron chi connectivity index (χ4n) is 3.86. The molecule has 1 N–H and O–H groups in total. The second-order valence-corrected chi connectivity index (χ2v) is 7.69. The third-order valence-electron chi connectivity index (χ3n) is 5.05. The van der Waals surface area contributed by atoms with Gasteiger partial charge >= 0.3 is 0 Å². The van der Waals surface area contributed by atoms with Crippen LogP contribution in [0.3, 0.4) is 0 Å². The van der Waals surface area contributed by atoms with Gasteiger partial charge in [-0.15, -0.1) is 0 Å². The first-order valence-electron chi connectivity index (χ1n) is 8.57. The molecule has 0 saturated carbocycles. The Morgan fingerprint density at radius 1 is 1.12 bits per heavy atom. The predicted molar refractivity (Wildman–Crippen MR) is 99.1 cm³/mol. The first-order valence-corrected chi connectivity index (χ1v) is 9.39. The van der Waals surface area contributed by atoms with Crippen LogP contribution in [0.1, 0.15) is 24.0 Å². The SMILES string of the molecule is O=C(CN1C(=O)CCC1=O)Nc1nc2c(cc3c4c(cccc42)CC3)s1. The summed E-state index contributed by atoms with van der Waals surface area (Å²) in [7, 11) is 0. The zero-order valence-corrected chi connectivity index (χ0v) is 14.7. The Bertz CT molecular complexity index is 1100. The van der Waals surface area contributed by atoms with E-state index in [9.17, 15) is 14.4 Å². The van der Waals surface area contributed by atoms with Crippen molar-refractivity contribution >= 4 is 55.2 Å². The number of likely N-dealkylation sites (tertiary alicyclic amines) is 1. The lowest BCUT2D eigenvalue weighted by Crippen LogP contribution is -2.36. The molecule has 0 radical (unpaired) electrons. The summed E-state index contributed by atoms with van der Waals surface area (Å²) in [5.41, 5.74) is 3.57. The van der Waals surface area contributed by atoms with Gasteiger partial charge in [0.25, 0.3) is 0 Å². The Morgan fingerprint density at radius 3 is 2.69 bits per heavy atom. The molecule has 6 nitrogen and oxygen atoms in total. The summed E-state index contributed by atoms with van der Waals surface area (Å²) in [6, 6.07) is 8.44. The van der Waals surface area contributed by atoms with Crippen LogP contribution < -0.4 is 5.32 Å². The lowest BCUT2D eigenvalue weighted by Gasteiger charge is -2.12. The van der Waals surface area contributed by atoms with Gasteiger partial charge in [-0.2, -0.15) is 0 Å². The van der Waals surface area contributed by atoms with Crippen molar-refractivity contribution in [3.63, 3.8) is 0 Å². The third-order valence-corrected chi connectivity index (χ3v) is 5.97. The van der Waals surface area contributed by atoms with E-state index in [-0.39, 0.29) is 31.2 Å². The van der Waals surface area contributed by atoms with Crippen molar-refractivity contribution in [3.05, 3.63) is 35.4 Å². The number of nitrogens with one attached hydrogen (secondary N) is 1. The van der Waals surface area contributed by atoms with Crippen LogP contribution >= 0.6 is 11.3 Å². The maximum Gasteiger partial charge on any atom is 0.246 e. The molecule has 5 rings (SSSR count). The van der Waals surface area contributed by atoms with Crippen LogP contribution in [0.25, 0.3) is 21.0 Å². The maximum atomic E-state index is 12.2. The summed E-state index contributed by atoms with van der Waals surface area (Å²) in [6.07, 6.45) is 2.46. The second-order valence-electron chi connectivity index (χ2n) is 6.66. The lowest BCUT2D eigenvalue weighted by atomic mass is 10.0. The Balaban J connectivity index is 1.46. The van der Waals surface area contributed by atoms with Crippen LogP contribution in [0.5, 0.6) is 0 Å². The second kappa shape index (κ2) is 5.60. The molecule has 0 spiro atoms. The van der Waals surface area contributed by atoms with Crippen molar-refractivity contribution in [1.82, 2.24) is 9.88 Å². The van der Waals surface area contributed by atoms with Gasteiger partial charge in [0.1, 0.15) is 6.54 Å². The Kier molecular flexibility index (Phi) is 3.33. The zero-order valence-electron chi connectivity index (χ0n) is 13.9. The summed E-state index contributed by atoms with van der Waals surface area (Å²) in [5.74, 6) is -0.982. The Labute approximate surface area is 152 Å². The Hall–Kier alpha value is -2.80. The van der Waals surface area contributed by atoms with E-state index in [4.69, 9.17) is 0 Å². The van der Waals surface area contributed by atoms with E-state index in [1.54, 1.807) is 0 Å². The minimum absolute atomic E-state index is 0.185. The van der Waals surface area contributed by atoms with Crippen molar-refractivity contribution in [2.75, 3.05) is 11.9 Å². The van der Waals surface area contributed by atoms with Crippen molar-refractivity contribution in [2.24, 2.45) is 0 Å². The van der Waals surface area contributed by atoms with Crippen LogP contribution in [0.15, 0.2) is 24.3 Å². The minimum Gasteiger partial charge on any atom is -0.300 e. The highest BCUT2D eigenvalue weighted by Gasteiger charge is 2.30. The molecule has 3 amide bonds. The number of rotatable bonds is 3. The molecule has 3 aromatic rings. The number of nitrogens with zero attached hydrogens (tertiary/aromatic N) is 2. The van der Waals surface area contributed by atoms with Crippen molar-refractivity contribution in [2.45, 2.75) is 25.7 Å². The van der Waals surface area contributed by atoms with E-state index in [0.29, 0.717) is 5.13 Å².